The van der Waals surface area contributed by atoms with Gasteiger partial charge in [-0.15, -0.1) is 0 Å². The van der Waals surface area contributed by atoms with Crippen molar-refractivity contribution in [1.82, 2.24) is 10.6 Å². The first-order chi connectivity index (χ1) is 12.9. The minimum Gasteiger partial charge on any atom is -0.355 e. The van der Waals surface area contributed by atoms with Gasteiger partial charge in [0.2, 0.25) is 11.8 Å². The first-order valence-electron chi connectivity index (χ1n) is 10.6. The topological polar surface area (TPSA) is 58.2 Å². The number of aryl methyl sites for hydroxylation is 1. The number of hydrogen-bond acceptors (Lipinski definition) is 2. The van der Waals surface area contributed by atoms with E-state index in [0.29, 0.717) is 13.0 Å². The third-order valence-corrected chi connectivity index (χ3v) is 7.11. The number of carbonyl (C=O) groups excluding carboxylic acids is 2. The second-order valence-corrected chi connectivity index (χ2v) is 9.40. The zero-order valence-corrected chi connectivity index (χ0v) is 16.6. The lowest BCUT2D eigenvalue weighted by molar-refractivity contribution is -0.146. The van der Waals surface area contributed by atoms with E-state index in [4.69, 9.17) is 0 Å². The zero-order chi connectivity index (χ0) is 19.0. The SMILES string of the molecule is Cc1ccc(C(C)NC(=O)CCNC(=O)C23CC4CC(CC(C4)C2)C3)cc1. The van der Waals surface area contributed by atoms with Crippen LogP contribution in [0.15, 0.2) is 24.3 Å². The lowest BCUT2D eigenvalue weighted by Gasteiger charge is -2.55. The fourth-order valence-electron chi connectivity index (χ4n) is 6.12. The van der Waals surface area contributed by atoms with E-state index in [2.05, 4.69) is 41.8 Å². The molecule has 2 N–H and O–H groups in total. The second-order valence-electron chi connectivity index (χ2n) is 9.40. The van der Waals surface area contributed by atoms with Crippen molar-refractivity contribution in [2.75, 3.05) is 6.54 Å². The molecule has 0 aromatic heterocycles. The molecule has 1 atom stereocenters. The van der Waals surface area contributed by atoms with Crippen molar-refractivity contribution in [3.63, 3.8) is 0 Å². The van der Waals surface area contributed by atoms with Gasteiger partial charge in [-0.25, -0.2) is 0 Å². The summed E-state index contributed by atoms with van der Waals surface area (Å²) in [5.74, 6) is 2.50. The molecular formula is C23H32N2O2. The summed E-state index contributed by atoms with van der Waals surface area (Å²) in [7, 11) is 0. The Morgan fingerprint density at radius 3 is 2.15 bits per heavy atom. The maximum Gasteiger partial charge on any atom is 0.226 e. The quantitative estimate of drug-likeness (QED) is 0.800. The Labute approximate surface area is 162 Å². The molecule has 146 valence electrons. The third-order valence-electron chi connectivity index (χ3n) is 7.11. The first-order valence-corrected chi connectivity index (χ1v) is 10.6. The van der Waals surface area contributed by atoms with Gasteiger partial charge in [-0.2, -0.15) is 0 Å². The van der Waals surface area contributed by atoms with Crippen molar-refractivity contribution < 1.29 is 9.59 Å². The van der Waals surface area contributed by atoms with Crippen LogP contribution >= 0.6 is 0 Å². The molecule has 4 heteroatoms. The smallest absolute Gasteiger partial charge is 0.226 e. The molecule has 0 spiro atoms. The van der Waals surface area contributed by atoms with Crippen molar-refractivity contribution in [1.29, 1.82) is 0 Å². The van der Waals surface area contributed by atoms with Gasteiger partial charge in [0.05, 0.1) is 6.04 Å². The molecular weight excluding hydrogens is 336 g/mol. The van der Waals surface area contributed by atoms with E-state index >= 15 is 0 Å². The van der Waals surface area contributed by atoms with Gasteiger partial charge in [-0.1, -0.05) is 29.8 Å². The minimum absolute atomic E-state index is 0.00566. The van der Waals surface area contributed by atoms with Crippen molar-refractivity contribution >= 4 is 11.8 Å². The van der Waals surface area contributed by atoms with Crippen LogP contribution < -0.4 is 10.6 Å². The average Bonchev–Trinajstić information content (AvgIpc) is 2.61. The molecule has 27 heavy (non-hydrogen) atoms. The van der Waals surface area contributed by atoms with E-state index in [1.54, 1.807) is 0 Å². The van der Waals surface area contributed by atoms with E-state index in [0.717, 1.165) is 42.6 Å². The number of amides is 2. The standard InChI is InChI=1S/C23H32N2O2/c1-15-3-5-20(6-4-15)16(2)25-21(26)7-8-24-22(27)23-12-17-9-18(13-23)11-19(10-17)14-23/h3-6,16-19H,7-14H2,1-2H3,(H,24,27)(H,25,26). The molecule has 1 aromatic rings. The van der Waals surface area contributed by atoms with Crippen molar-refractivity contribution in [2.24, 2.45) is 23.2 Å². The van der Waals surface area contributed by atoms with Gasteiger partial charge >= 0.3 is 0 Å². The number of hydrogen-bond donors (Lipinski definition) is 2. The number of carbonyl (C=O) groups is 2. The van der Waals surface area contributed by atoms with Gasteiger partial charge in [-0.3, -0.25) is 9.59 Å². The van der Waals surface area contributed by atoms with Crippen LogP contribution in [0.5, 0.6) is 0 Å². The van der Waals surface area contributed by atoms with E-state index in [-0.39, 0.29) is 23.3 Å². The maximum absolute atomic E-state index is 12.9. The maximum atomic E-state index is 12.9. The molecule has 0 heterocycles. The average molecular weight is 369 g/mol. The molecule has 0 saturated heterocycles. The summed E-state index contributed by atoms with van der Waals surface area (Å²) >= 11 is 0. The summed E-state index contributed by atoms with van der Waals surface area (Å²) in [4.78, 5) is 25.2. The van der Waals surface area contributed by atoms with Crippen LogP contribution in [0.1, 0.15) is 69.0 Å². The highest BCUT2D eigenvalue weighted by Crippen LogP contribution is 2.60. The Morgan fingerprint density at radius 2 is 1.59 bits per heavy atom. The largest absolute Gasteiger partial charge is 0.355 e. The fourth-order valence-corrected chi connectivity index (χ4v) is 6.12. The Bertz CT molecular complexity index is 674. The van der Waals surface area contributed by atoms with Crippen molar-refractivity contribution in [3.05, 3.63) is 35.4 Å². The van der Waals surface area contributed by atoms with Crippen LogP contribution in [0.2, 0.25) is 0 Å². The van der Waals surface area contributed by atoms with E-state index in [1.807, 2.05) is 6.92 Å². The number of rotatable bonds is 6. The van der Waals surface area contributed by atoms with Crippen LogP contribution in [0, 0.1) is 30.1 Å². The molecule has 4 aliphatic rings. The molecule has 4 aliphatic carbocycles. The Morgan fingerprint density at radius 1 is 1.04 bits per heavy atom. The molecule has 4 fully saturated rings. The monoisotopic (exact) mass is 368 g/mol. The first kappa shape index (κ1) is 18.5. The summed E-state index contributed by atoms with van der Waals surface area (Å²) in [5, 5.41) is 6.13. The molecule has 4 nitrogen and oxygen atoms in total. The van der Waals surface area contributed by atoms with Gasteiger partial charge in [0.25, 0.3) is 0 Å². The van der Waals surface area contributed by atoms with E-state index < -0.39 is 0 Å². The molecule has 5 rings (SSSR count). The lowest BCUT2D eigenvalue weighted by Crippen LogP contribution is -2.53. The van der Waals surface area contributed by atoms with Gasteiger partial charge in [0.1, 0.15) is 0 Å². The van der Waals surface area contributed by atoms with Gasteiger partial charge in [0.15, 0.2) is 0 Å². The summed E-state index contributed by atoms with van der Waals surface area (Å²) in [5.41, 5.74) is 2.19. The van der Waals surface area contributed by atoms with Crippen molar-refractivity contribution in [3.8, 4) is 0 Å². The Kier molecular flexibility index (Phi) is 5.00. The highest BCUT2D eigenvalue weighted by atomic mass is 16.2. The second kappa shape index (κ2) is 7.29. The predicted octanol–water partition coefficient (Wildman–Crippen LogP) is 3.89. The molecule has 4 saturated carbocycles. The predicted molar refractivity (Wildman–Crippen MR) is 106 cm³/mol. The summed E-state index contributed by atoms with van der Waals surface area (Å²) in [6.45, 7) is 4.49. The van der Waals surface area contributed by atoms with Crippen LogP contribution in [-0.2, 0) is 9.59 Å². The van der Waals surface area contributed by atoms with Crippen molar-refractivity contribution in [2.45, 2.75) is 64.8 Å². The van der Waals surface area contributed by atoms with Crippen LogP contribution in [0.25, 0.3) is 0 Å². The van der Waals surface area contributed by atoms with E-state index in [9.17, 15) is 9.59 Å². The highest BCUT2D eigenvalue weighted by Gasteiger charge is 2.54. The molecule has 4 bridgehead atoms. The number of benzene rings is 1. The minimum atomic E-state index is -0.125. The van der Waals surface area contributed by atoms with Gasteiger partial charge in [0, 0.05) is 18.4 Å². The molecule has 0 aliphatic heterocycles. The molecule has 1 unspecified atom stereocenters. The fraction of sp³-hybridized carbons (Fsp3) is 0.652. The lowest BCUT2D eigenvalue weighted by atomic mass is 9.49. The van der Waals surface area contributed by atoms with Gasteiger partial charge < -0.3 is 10.6 Å². The normalized spacial score (nSPS) is 32.1. The molecule has 2 amide bonds. The number of nitrogens with one attached hydrogen (secondary N) is 2. The van der Waals surface area contributed by atoms with Crippen LogP contribution in [0.3, 0.4) is 0 Å². The van der Waals surface area contributed by atoms with Crippen LogP contribution in [-0.4, -0.2) is 18.4 Å². The summed E-state index contributed by atoms with van der Waals surface area (Å²) < 4.78 is 0. The third kappa shape index (κ3) is 3.90. The summed E-state index contributed by atoms with van der Waals surface area (Å²) in [6, 6.07) is 8.20. The molecule has 1 aromatic carbocycles. The van der Waals surface area contributed by atoms with Gasteiger partial charge in [-0.05, 0) is 75.7 Å². The molecule has 0 radical (unpaired) electrons. The highest BCUT2D eigenvalue weighted by molar-refractivity contribution is 5.84. The van der Waals surface area contributed by atoms with Crippen LogP contribution in [0.4, 0.5) is 0 Å². The summed E-state index contributed by atoms with van der Waals surface area (Å²) in [6.07, 6.45) is 7.57. The van der Waals surface area contributed by atoms with E-state index in [1.165, 1.54) is 24.8 Å². The Hall–Kier alpha value is -1.84. The zero-order valence-electron chi connectivity index (χ0n) is 16.6. The Balaban J connectivity index is 1.24.